The van der Waals surface area contributed by atoms with E-state index in [-0.39, 0.29) is 24.5 Å². The highest BCUT2D eigenvalue weighted by molar-refractivity contribution is 5.93. The van der Waals surface area contributed by atoms with Crippen LogP contribution in [-0.4, -0.2) is 41.3 Å². The van der Waals surface area contributed by atoms with Crippen molar-refractivity contribution < 1.29 is 24.2 Å². The summed E-state index contributed by atoms with van der Waals surface area (Å²) in [6.45, 7) is 0.195. The minimum Gasteiger partial charge on any atom is -0.481 e. The van der Waals surface area contributed by atoms with Gasteiger partial charge in [0.1, 0.15) is 12.1 Å². The van der Waals surface area contributed by atoms with E-state index in [2.05, 4.69) is 34.9 Å². The largest absolute Gasteiger partial charge is 0.481 e. The van der Waals surface area contributed by atoms with E-state index in [0.717, 1.165) is 35.1 Å². The van der Waals surface area contributed by atoms with Crippen LogP contribution in [0, 0.1) is 5.92 Å². The molecule has 0 spiro atoms. The zero-order valence-corrected chi connectivity index (χ0v) is 18.4. The van der Waals surface area contributed by atoms with Crippen molar-refractivity contribution in [2.45, 2.75) is 56.0 Å². The molecular formula is C26H28N2O5. The van der Waals surface area contributed by atoms with Gasteiger partial charge < -0.3 is 20.5 Å². The van der Waals surface area contributed by atoms with Gasteiger partial charge in [0, 0.05) is 12.0 Å². The van der Waals surface area contributed by atoms with Crippen LogP contribution in [0.15, 0.2) is 48.5 Å². The SMILES string of the molecule is O=C(NC1(C(=O)N[C@@H]2CCC[C@@H](C(=O)O)C2)CC1)OCC1c2ccccc2-c2ccccc21. The third-order valence-corrected chi connectivity index (χ3v) is 7.23. The first-order valence-electron chi connectivity index (χ1n) is 11.6. The van der Waals surface area contributed by atoms with Crippen molar-refractivity contribution in [3.8, 4) is 11.1 Å². The molecule has 7 heteroatoms. The average Bonchev–Trinajstić information content (AvgIpc) is 3.53. The Hall–Kier alpha value is -3.35. The molecule has 7 nitrogen and oxygen atoms in total. The Labute approximate surface area is 192 Å². The number of nitrogens with one attached hydrogen (secondary N) is 2. The highest BCUT2D eigenvalue weighted by Gasteiger charge is 2.52. The minimum atomic E-state index is -0.946. The number of aliphatic carboxylic acids is 1. The maximum Gasteiger partial charge on any atom is 0.408 e. The fourth-order valence-electron chi connectivity index (χ4n) is 5.23. The zero-order chi connectivity index (χ0) is 23.0. The molecule has 2 atom stereocenters. The van der Waals surface area contributed by atoms with E-state index in [1.54, 1.807) is 0 Å². The van der Waals surface area contributed by atoms with Crippen LogP contribution < -0.4 is 10.6 Å². The average molecular weight is 449 g/mol. The number of hydrogen-bond acceptors (Lipinski definition) is 4. The second-order valence-electron chi connectivity index (χ2n) is 9.40. The highest BCUT2D eigenvalue weighted by Crippen LogP contribution is 2.44. The van der Waals surface area contributed by atoms with Crippen LogP contribution in [0.3, 0.4) is 0 Å². The molecule has 0 bridgehead atoms. The monoisotopic (exact) mass is 448 g/mol. The lowest BCUT2D eigenvalue weighted by molar-refractivity contribution is -0.143. The van der Waals surface area contributed by atoms with Gasteiger partial charge in [0.15, 0.2) is 0 Å². The molecule has 0 radical (unpaired) electrons. The fraction of sp³-hybridized carbons (Fsp3) is 0.423. The minimum absolute atomic E-state index is 0.0395. The Balaban J connectivity index is 1.19. The Morgan fingerprint density at radius 2 is 1.61 bits per heavy atom. The number of amides is 2. The number of fused-ring (bicyclic) bond motifs is 3. The van der Waals surface area contributed by atoms with Gasteiger partial charge in [-0.15, -0.1) is 0 Å². The van der Waals surface area contributed by atoms with Gasteiger partial charge in [-0.2, -0.15) is 0 Å². The number of rotatable bonds is 6. The van der Waals surface area contributed by atoms with Gasteiger partial charge in [0.05, 0.1) is 5.92 Å². The van der Waals surface area contributed by atoms with Crippen molar-refractivity contribution in [3.05, 3.63) is 59.7 Å². The maximum atomic E-state index is 12.9. The number of alkyl carbamates (subject to hydrolysis) is 1. The molecule has 2 amide bonds. The van der Waals surface area contributed by atoms with E-state index >= 15 is 0 Å². The number of hydrogen-bond donors (Lipinski definition) is 3. The summed E-state index contributed by atoms with van der Waals surface area (Å²) < 4.78 is 5.60. The van der Waals surface area contributed by atoms with Gasteiger partial charge >= 0.3 is 12.1 Å². The lowest BCUT2D eigenvalue weighted by Gasteiger charge is -2.29. The lowest BCUT2D eigenvalue weighted by Crippen LogP contribution is -2.52. The van der Waals surface area contributed by atoms with E-state index < -0.39 is 23.5 Å². The number of carbonyl (C=O) groups is 3. The molecule has 0 heterocycles. The number of carbonyl (C=O) groups excluding carboxylic acids is 2. The molecule has 2 fully saturated rings. The predicted molar refractivity (Wildman–Crippen MR) is 122 cm³/mol. The topological polar surface area (TPSA) is 105 Å². The van der Waals surface area contributed by atoms with Crippen LogP contribution in [0.2, 0.25) is 0 Å². The fourth-order valence-corrected chi connectivity index (χ4v) is 5.23. The van der Waals surface area contributed by atoms with Crippen molar-refractivity contribution in [2.24, 2.45) is 5.92 Å². The summed E-state index contributed by atoms with van der Waals surface area (Å²) >= 11 is 0. The molecule has 172 valence electrons. The summed E-state index contributed by atoms with van der Waals surface area (Å²) in [5.74, 6) is -1.52. The van der Waals surface area contributed by atoms with E-state index in [1.807, 2.05) is 24.3 Å². The van der Waals surface area contributed by atoms with E-state index in [9.17, 15) is 19.5 Å². The molecule has 2 aromatic rings. The molecular weight excluding hydrogens is 420 g/mol. The molecule has 2 saturated carbocycles. The molecule has 3 N–H and O–H groups in total. The highest BCUT2D eigenvalue weighted by atomic mass is 16.5. The van der Waals surface area contributed by atoms with E-state index in [1.165, 1.54) is 0 Å². The summed E-state index contributed by atoms with van der Waals surface area (Å²) in [4.78, 5) is 36.8. The number of benzene rings is 2. The van der Waals surface area contributed by atoms with Crippen LogP contribution in [0.4, 0.5) is 4.79 Å². The van der Waals surface area contributed by atoms with E-state index in [0.29, 0.717) is 25.7 Å². The van der Waals surface area contributed by atoms with Crippen molar-refractivity contribution >= 4 is 18.0 Å². The third-order valence-electron chi connectivity index (χ3n) is 7.23. The Morgan fingerprint density at radius 1 is 0.970 bits per heavy atom. The number of carboxylic acids is 1. The number of carboxylic acid groups (broad SMARTS) is 1. The molecule has 0 unspecified atom stereocenters. The summed E-state index contributed by atoms with van der Waals surface area (Å²) in [6.07, 6.45) is 3.12. The summed E-state index contributed by atoms with van der Waals surface area (Å²) in [5.41, 5.74) is 3.64. The smallest absolute Gasteiger partial charge is 0.408 e. The van der Waals surface area contributed by atoms with Gasteiger partial charge in [0.2, 0.25) is 5.91 Å². The first-order valence-corrected chi connectivity index (χ1v) is 11.6. The van der Waals surface area contributed by atoms with Crippen molar-refractivity contribution in [2.75, 3.05) is 6.61 Å². The Morgan fingerprint density at radius 3 is 2.21 bits per heavy atom. The molecule has 0 aliphatic heterocycles. The van der Waals surface area contributed by atoms with Gasteiger partial charge in [-0.25, -0.2) is 4.79 Å². The van der Waals surface area contributed by atoms with Crippen LogP contribution in [-0.2, 0) is 14.3 Å². The van der Waals surface area contributed by atoms with Gasteiger partial charge in [-0.05, 0) is 54.4 Å². The van der Waals surface area contributed by atoms with E-state index in [4.69, 9.17) is 4.74 Å². The first kappa shape index (κ1) is 21.5. The molecule has 2 aromatic carbocycles. The second kappa shape index (κ2) is 8.54. The number of ether oxygens (including phenoxy) is 1. The Bertz CT molecular complexity index is 1050. The standard InChI is InChI=1S/C26H28N2O5/c29-23(30)16-6-5-7-17(14-16)27-24(31)26(12-13-26)28-25(32)33-15-22-20-10-3-1-8-18(20)19-9-2-4-11-21(19)22/h1-4,8-11,16-17,22H,5-7,12-15H2,(H,27,31)(H,28,32)(H,29,30)/t16-,17-/m1/s1. The Kier molecular flexibility index (Phi) is 5.56. The summed E-state index contributed by atoms with van der Waals surface area (Å²) in [7, 11) is 0. The maximum absolute atomic E-state index is 12.9. The lowest BCUT2D eigenvalue weighted by atomic mass is 9.85. The van der Waals surface area contributed by atoms with Gasteiger partial charge in [-0.1, -0.05) is 55.0 Å². The predicted octanol–water partition coefficient (Wildman–Crippen LogP) is 3.82. The summed E-state index contributed by atoms with van der Waals surface area (Å²) in [5, 5.41) is 15.0. The quantitative estimate of drug-likeness (QED) is 0.623. The molecule has 0 aromatic heterocycles. The van der Waals surface area contributed by atoms with Crippen molar-refractivity contribution in [3.63, 3.8) is 0 Å². The summed E-state index contributed by atoms with van der Waals surface area (Å²) in [6, 6.07) is 16.1. The van der Waals surface area contributed by atoms with Crippen LogP contribution in [0.1, 0.15) is 55.6 Å². The molecule has 5 rings (SSSR count). The van der Waals surface area contributed by atoms with Gasteiger partial charge in [-0.3, -0.25) is 9.59 Å². The first-order chi connectivity index (χ1) is 16.0. The molecule has 3 aliphatic rings. The zero-order valence-electron chi connectivity index (χ0n) is 18.4. The van der Waals surface area contributed by atoms with Crippen LogP contribution >= 0.6 is 0 Å². The van der Waals surface area contributed by atoms with Crippen molar-refractivity contribution in [1.29, 1.82) is 0 Å². The normalized spacial score (nSPS) is 22.5. The van der Waals surface area contributed by atoms with Crippen LogP contribution in [0.5, 0.6) is 0 Å². The molecule has 3 aliphatic carbocycles. The third kappa shape index (κ3) is 4.19. The van der Waals surface area contributed by atoms with Crippen molar-refractivity contribution in [1.82, 2.24) is 10.6 Å². The molecule has 0 saturated heterocycles. The van der Waals surface area contributed by atoms with Gasteiger partial charge in [0.25, 0.3) is 0 Å². The molecule has 33 heavy (non-hydrogen) atoms. The van der Waals surface area contributed by atoms with Crippen LogP contribution in [0.25, 0.3) is 11.1 Å². The second-order valence-corrected chi connectivity index (χ2v) is 9.40.